The fourth-order valence-corrected chi connectivity index (χ4v) is 1.80. The molecule has 7 heteroatoms. The van der Waals surface area contributed by atoms with Crippen molar-refractivity contribution in [1.82, 2.24) is 20.9 Å². The van der Waals surface area contributed by atoms with Gasteiger partial charge in [0.25, 0.3) is 0 Å². The van der Waals surface area contributed by atoms with Gasteiger partial charge >= 0.3 is 0 Å². The zero-order chi connectivity index (χ0) is 13.3. The highest BCUT2D eigenvalue weighted by Crippen LogP contribution is 2.07. The average Bonchev–Trinajstić information content (AvgIpc) is 2.40. The van der Waals surface area contributed by atoms with Gasteiger partial charge in [0.05, 0.1) is 0 Å². The van der Waals surface area contributed by atoms with Gasteiger partial charge in [-0.1, -0.05) is 0 Å². The number of rotatable bonds is 3. The predicted octanol–water partition coefficient (Wildman–Crippen LogP) is -2.64. The summed E-state index contributed by atoms with van der Waals surface area (Å²) in [5.41, 5.74) is -1.40. The van der Waals surface area contributed by atoms with Crippen molar-refractivity contribution in [3.05, 3.63) is 0 Å². The Labute approximate surface area is 106 Å². The van der Waals surface area contributed by atoms with Crippen LogP contribution in [0.2, 0.25) is 0 Å². The van der Waals surface area contributed by atoms with E-state index < -0.39 is 5.54 Å². The van der Waals surface area contributed by atoms with Gasteiger partial charge in [0.15, 0.2) is 18.1 Å². The van der Waals surface area contributed by atoms with Crippen molar-refractivity contribution in [2.45, 2.75) is 5.54 Å². The maximum Gasteiger partial charge on any atom is 0.210 e. The zero-order valence-corrected chi connectivity index (χ0v) is 10.4. The lowest BCUT2D eigenvalue weighted by molar-refractivity contribution is -0.137. The molecule has 1 saturated heterocycles. The number of carbonyl (C=O) groups is 3. The lowest BCUT2D eigenvalue weighted by Gasteiger charge is -2.33. The van der Waals surface area contributed by atoms with Crippen LogP contribution in [0.15, 0.2) is 0 Å². The van der Waals surface area contributed by atoms with E-state index in [1.165, 1.54) is 4.90 Å². The minimum absolute atomic E-state index is 0.139. The van der Waals surface area contributed by atoms with Gasteiger partial charge in [0, 0.05) is 45.8 Å². The molecule has 1 heterocycles. The molecule has 0 atom stereocenters. The summed E-state index contributed by atoms with van der Waals surface area (Å²) in [5, 5.41) is 9.36. The third-order valence-electron chi connectivity index (χ3n) is 2.96. The van der Waals surface area contributed by atoms with Crippen LogP contribution in [0.25, 0.3) is 0 Å². The van der Waals surface area contributed by atoms with Crippen molar-refractivity contribution >= 4 is 19.0 Å². The van der Waals surface area contributed by atoms with E-state index in [1.54, 1.807) is 0 Å². The van der Waals surface area contributed by atoms with Crippen LogP contribution in [0.1, 0.15) is 0 Å². The Morgan fingerprint density at radius 2 is 1.39 bits per heavy atom. The Bertz CT molecular complexity index is 277. The SMILES string of the molecule is O=CN1CCNCCNCCNCC1(C=O)C=O. The van der Waals surface area contributed by atoms with Crippen molar-refractivity contribution in [2.75, 3.05) is 45.8 Å². The highest BCUT2D eigenvalue weighted by atomic mass is 16.2. The van der Waals surface area contributed by atoms with Crippen LogP contribution in [0.4, 0.5) is 0 Å². The van der Waals surface area contributed by atoms with E-state index in [4.69, 9.17) is 0 Å². The number of hydrogen-bond acceptors (Lipinski definition) is 6. The number of amides is 1. The van der Waals surface area contributed by atoms with E-state index >= 15 is 0 Å². The first-order valence-corrected chi connectivity index (χ1v) is 6.06. The normalized spacial score (nSPS) is 22.3. The first kappa shape index (κ1) is 14.7. The van der Waals surface area contributed by atoms with Gasteiger partial charge in [-0.25, -0.2) is 0 Å². The largest absolute Gasteiger partial charge is 0.324 e. The molecule has 0 aromatic carbocycles. The fourth-order valence-electron chi connectivity index (χ4n) is 1.80. The van der Waals surface area contributed by atoms with E-state index in [0.717, 1.165) is 19.6 Å². The summed E-state index contributed by atoms with van der Waals surface area (Å²) in [6.07, 6.45) is 1.61. The Balaban J connectivity index is 2.74. The number of carbonyl (C=O) groups excluding carboxylic acids is 3. The van der Waals surface area contributed by atoms with E-state index in [9.17, 15) is 14.4 Å². The average molecular weight is 256 g/mol. The number of hydrogen-bond donors (Lipinski definition) is 3. The first-order chi connectivity index (χ1) is 8.79. The molecular weight excluding hydrogens is 236 g/mol. The smallest absolute Gasteiger partial charge is 0.210 e. The molecule has 1 aliphatic rings. The topological polar surface area (TPSA) is 90.5 Å². The highest BCUT2D eigenvalue weighted by Gasteiger charge is 2.35. The molecule has 0 saturated carbocycles. The van der Waals surface area contributed by atoms with Crippen LogP contribution in [0.5, 0.6) is 0 Å². The lowest BCUT2D eigenvalue weighted by Crippen LogP contribution is -2.59. The standard InChI is InChI=1S/C11H20N4O3/c16-8-11(9-17)7-14-4-3-12-1-2-13-5-6-15(11)10-18/h8-10,12-14H,1-7H2. The quantitative estimate of drug-likeness (QED) is 0.378. The molecule has 1 fully saturated rings. The molecule has 3 N–H and O–H groups in total. The van der Waals surface area contributed by atoms with E-state index in [0.29, 0.717) is 38.6 Å². The van der Waals surface area contributed by atoms with E-state index in [1.807, 2.05) is 0 Å². The maximum absolute atomic E-state index is 11.2. The molecule has 1 amide bonds. The molecule has 0 radical (unpaired) electrons. The van der Waals surface area contributed by atoms with Gasteiger partial charge in [0.1, 0.15) is 0 Å². The summed E-state index contributed by atoms with van der Waals surface area (Å²) in [7, 11) is 0. The Morgan fingerprint density at radius 3 is 1.94 bits per heavy atom. The van der Waals surface area contributed by atoms with Crippen LogP contribution in [0.3, 0.4) is 0 Å². The van der Waals surface area contributed by atoms with E-state index in [-0.39, 0.29) is 6.54 Å². The molecule has 0 aromatic rings. The maximum atomic E-state index is 11.2. The van der Waals surface area contributed by atoms with Crippen molar-refractivity contribution in [3.63, 3.8) is 0 Å². The summed E-state index contributed by atoms with van der Waals surface area (Å²) in [6.45, 7) is 4.01. The molecule has 102 valence electrons. The second-order valence-electron chi connectivity index (χ2n) is 4.20. The van der Waals surface area contributed by atoms with Crippen LogP contribution < -0.4 is 16.0 Å². The van der Waals surface area contributed by atoms with E-state index in [2.05, 4.69) is 16.0 Å². The van der Waals surface area contributed by atoms with Gasteiger partial charge in [-0.05, 0) is 0 Å². The summed E-state index contributed by atoms with van der Waals surface area (Å²) in [6, 6.07) is 0. The number of nitrogens with zero attached hydrogens (tertiary/aromatic N) is 1. The van der Waals surface area contributed by atoms with Gasteiger partial charge in [-0.15, -0.1) is 0 Å². The molecule has 0 aliphatic carbocycles. The Kier molecular flexibility index (Phi) is 6.48. The highest BCUT2D eigenvalue weighted by molar-refractivity contribution is 5.92. The lowest BCUT2D eigenvalue weighted by atomic mass is 10.0. The third-order valence-corrected chi connectivity index (χ3v) is 2.96. The van der Waals surface area contributed by atoms with Gasteiger partial charge in [-0.2, -0.15) is 0 Å². The van der Waals surface area contributed by atoms with Gasteiger partial charge in [-0.3, -0.25) is 4.79 Å². The van der Waals surface area contributed by atoms with Crippen LogP contribution in [0, 0.1) is 0 Å². The Hall–Kier alpha value is -1.31. The molecule has 0 bridgehead atoms. The molecule has 7 nitrogen and oxygen atoms in total. The second kappa shape index (κ2) is 7.91. The van der Waals surface area contributed by atoms with Crippen molar-refractivity contribution in [1.29, 1.82) is 0 Å². The minimum atomic E-state index is -1.40. The van der Waals surface area contributed by atoms with Crippen LogP contribution in [-0.2, 0) is 14.4 Å². The molecule has 0 unspecified atom stereocenters. The fraction of sp³-hybridized carbons (Fsp3) is 0.727. The number of aldehydes is 2. The summed E-state index contributed by atoms with van der Waals surface area (Å²) in [5.74, 6) is 0. The second-order valence-corrected chi connectivity index (χ2v) is 4.20. The molecule has 18 heavy (non-hydrogen) atoms. The van der Waals surface area contributed by atoms with Gasteiger partial charge < -0.3 is 30.4 Å². The van der Waals surface area contributed by atoms with Crippen molar-refractivity contribution < 1.29 is 14.4 Å². The zero-order valence-electron chi connectivity index (χ0n) is 10.4. The molecule has 1 aliphatic heterocycles. The monoisotopic (exact) mass is 256 g/mol. The summed E-state index contributed by atoms with van der Waals surface area (Å²) < 4.78 is 0. The number of nitrogens with one attached hydrogen (secondary N) is 3. The van der Waals surface area contributed by atoms with Crippen LogP contribution in [-0.4, -0.2) is 75.2 Å². The molecular formula is C11H20N4O3. The third kappa shape index (κ3) is 3.86. The van der Waals surface area contributed by atoms with Crippen LogP contribution >= 0.6 is 0 Å². The predicted molar refractivity (Wildman–Crippen MR) is 66.2 cm³/mol. The summed E-state index contributed by atoms with van der Waals surface area (Å²) in [4.78, 5) is 34.7. The minimum Gasteiger partial charge on any atom is -0.324 e. The Morgan fingerprint density at radius 1 is 0.833 bits per heavy atom. The molecule has 0 spiro atoms. The summed E-state index contributed by atoms with van der Waals surface area (Å²) >= 11 is 0. The van der Waals surface area contributed by atoms with Crippen molar-refractivity contribution in [3.8, 4) is 0 Å². The first-order valence-electron chi connectivity index (χ1n) is 6.06. The van der Waals surface area contributed by atoms with Gasteiger partial charge in [0.2, 0.25) is 6.41 Å². The molecule has 1 rings (SSSR count). The van der Waals surface area contributed by atoms with Crippen molar-refractivity contribution in [2.24, 2.45) is 0 Å². The molecule has 0 aromatic heterocycles.